The lowest BCUT2D eigenvalue weighted by atomic mass is 10.1. The molecule has 0 N–H and O–H groups in total. The molecule has 0 atom stereocenters. The van der Waals surface area contributed by atoms with Crippen molar-refractivity contribution in [2.45, 2.75) is 13.1 Å². The van der Waals surface area contributed by atoms with Crippen LogP contribution in [-0.4, -0.2) is 36.3 Å². The quantitative estimate of drug-likeness (QED) is 0.619. The molecule has 0 bridgehead atoms. The van der Waals surface area contributed by atoms with Gasteiger partial charge in [-0.2, -0.15) is 13.2 Å². The first-order valence-electron chi connectivity index (χ1n) is 8.31. The van der Waals surface area contributed by atoms with Gasteiger partial charge in [0.25, 0.3) is 5.91 Å². The first-order chi connectivity index (χ1) is 13.1. The Labute approximate surface area is 173 Å². The van der Waals surface area contributed by atoms with Crippen molar-refractivity contribution in [2.24, 2.45) is 0 Å². The molecule has 1 heterocycles. The van der Waals surface area contributed by atoms with Gasteiger partial charge in [-0.3, -0.25) is 9.59 Å². The van der Waals surface area contributed by atoms with Gasteiger partial charge >= 0.3 is 6.18 Å². The maximum atomic E-state index is 13.0. The molecule has 2 aromatic rings. The van der Waals surface area contributed by atoms with Crippen LogP contribution in [0.25, 0.3) is 0 Å². The lowest BCUT2D eigenvalue weighted by Gasteiger charge is -2.35. The van der Waals surface area contributed by atoms with Gasteiger partial charge in [-0.15, -0.1) is 0 Å². The van der Waals surface area contributed by atoms with Gasteiger partial charge in [0, 0.05) is 23.2 Å². The lowest BCUT2D eigenvalue weighted by molar-refractivity contribution is -0.137. The van der Waals surface area contributed by atoms with E-state index in [0.29, 0.717) is 0 Å². The first kappa shape index (κ1) is 20.7. The average molecular weight is 476 g/mol. The predicted molar refractivity (Wildman–Crippen MR) is 104 cm³/mol. The van der Waals surface area contributed by atoms with Gasteiger partial charge in [-0.1, -0.05) is 39.7 Å². The van der Waals surface area contributed by atoms with Gasteiger partial charge in [0.15, 0.2) is 0 Å². The van der Waals surface area contributed by atoms with Crippen molar-refractivity contribution in [1.82, 2.24) is 4.90 Å². The number of rotatable bonds is 2. The van der Waals surface area contributed by atoms with E-state index in [-0.39, 0.29) is 31.1 Å². The summed E-state index contributed by atoms with van der Waals surface area (Å²) < 4.78 is 39.9. The van der Waals surface area contributed by atoms with Crippen LogP contribution in [-0.2, 0) is 11.0 Å². The van der Waals surface area contributed by atoms with E-state index in [1.807, 2.05) is 13.0 Å². The third-order valence-corrected chi connectivity index (χ3v) is 5.84. The molecule has 0 radical (unpaired) electrons. The molecule has 1 saturated heterocycles. The maximum absolute atomic E-state index is 13.0. The number of nitrogens with zero attached hydrogens (tertiary/aromatic N) is 2. The molecule has 2 amide bonds. The van der Waals surface area contributed by atoms with Crippen LogP contribution in [0.5, 0.6) is 0 Å². The molecule has 148 valence electrons. The smallest absolute Gasteiger partial charge is 0.327 e. The Morgan fingerprint density at radius 3 is 2.46 bits per heavy atom. The minimum absolute atomic E-state index is 0.184. The number of carbonyl (C=O) groups excluding carboxylic acids is 2. The Hall–Kier alpha value is -2.06. The molecule has 4 nitrogen and oxygen atoms in total. The lowest BCUT2D eigenvalue weighted by Crippen LogP contribution is -2.52. The molecular weight excluding hydrogens is 461 g/mol. The Kier molecular flexibility index (Phi) is 5.72. The normalized spacial score (nSPS) is 15.1. The molecule has 0 spiro atoms. The van der Waals surface area contributed by atoms with Crippen LogP contribution in [0.4, 0.5) is 18.9 Å². The van der Waals surface area contributed by atoms with Gasteiger partial charge in [0.1, 0.15) is 6.54 Å². The monoisotopic (exact) mass is 474 g/mol. The number of benzene rings is 2. The summed E-state index contributed by atoms with van der Waals surface area (Å²) in [5.74, 6) is -1.01. The van der Waals surface area contributed by atoms with Crippen LogP contribution >= 0.6 is 27.5 Å². The molecule has 0 unspecified atom stereocenters. The first-order valence-corrected chi connectivity index (χ1v) is 9.49. The summed E-state index contributed by atoms with van der Waals surface area (Å²) in [6, 6.07) is 8.65. The summed E-state index contributed by atoms with van der Waals surface area (Å²) in [5.41, 5.74) is 0.270. The zero-order valence-corrected chi connectivity index (χ0v) is 17.0. The Balaban J connectivity index is 1.82. The summed E-state index contributed by atoms with van der Waals surface area (Å²) in [4.78, 5) is 28.1. The number of hydrogen-bond donors (Lipinski definition) is 0. The number of halogens is 5. The van der Waals surface area contributed by atoms with E-state index in [4.69, 9.17) is 11.6 Å². The summed E-state index contributed by atoms with van der Waals surface area (Å²) >= 11 is 9.26. The van der Waals surface area contributed by atoms with Crippen molar-refractivity contribution in [3.63, 3.8) is 0 Å². The fourth-order valence-corrected chi connectivity index (χ4v) is 3.75. The molecule has 0 aromatic heterocycles. The van der Waals surface area contributed by atoms with Crippen molar-refractivity contribution < 1.29 is 22.8 Å². The van der Waals surface area contributed by atoms with E-state index in [1.165, 1.54) is 11.0 Å². The summed E-state index contributed by atoms with van der Waals surface area (Å²) in [7, 11) is 0. The number of amides is 2. The standard InChI is InChI=1S/C19H15BrClF3N2O2/c1-11-14(20)6-3-7-15(11)26-9-8-25(10-16(26)27)18(28)12-4-2-5-13(17(12)21)19(22,23)24/h2-7H,8-10H2,1H3. The number of carbonyl (C=O) groups is 2. The van der Waals surface area contributed by atoms with E-state index in [2.05, 4.69) is 15.9 Å². The van der Waals surface area contributed by atoms with Crippen LogP contribution in [0.3, 0.4) is 0 Å². The minimum atomic E-state index is -4.67. The Morgan fingerprint density at radius 1 is 1.14 bits per heavy atom. The molecule has 0 saturated carbocycles. The van der Waals surface area contributed by atoms with Crippen molar-refractivity contribution in [2.75, 3.05) is 24.5 Å². The molecule has 1 aliphatic heterocycles. The van der Waals surface area contributed by atoms with E-state index in [9.17, 15) is 22.8 Å². The van der Waals surface area contributed by atoms with E-state index in [1.54, 1.807) is 17.0 Å². The highest BCUT2D eigenvalue weighted by Gasteiger charge is 2.36. The van der Waals surface area contributed by atoms with Crippen LogP contribution in [0, 0.1) is 6.92 Å². The van der Waals surface area contributed by atoms with Gasteiger partial charge in [-0.25, -0.2) is 0 Å². The van der Waals surface area contributed by atoms with Crippen molar-refractivity contribution in [3.05, 3.63) is 62.6 Å². The molecule has 9 heteroatoms. The van der Waals surface area contributed by atoms with Crippen LogP contribution in [0.2, 0.25) is 5.02 Å². The largest absolute Gasteiger partial charge is 0.417 e. The van der Waals surface area contributed by atoms with Gasteiger partial charge < -0.3 is 9.80 Å². The van der Waals surface area contributed by atoms with E-state index in [0.717, 1.165) is 27.9 Å². The molecule has 1 fully saturated rings. The average Bonchev–Trinajstić information content (AvgIpc) is 2.63. The zero-order valence-electron chi connectivity index (χ0n) is 14.7. The summed E-state index contributed by atoms with van der Waals surface area (Å²) in [6.07, 6.45) is -4.67. The third-order valence-electron chi connectivity index (χ3n) is 4.57. The Morgan fingerprint density at radius 2 is 1.82 bits per heavy atom. The highest BCUT2D eigenvalue weighted by molar-refractivity contribution is 9.10. The van der Waals surface area contributed by atoms with Crippen LogP contribution < -0.4 is 4.90 Å². The molecular formula is C19H15BrClF3N2O2. The molecule has 28 heavy (non-hydrogen) atoms. The number of alkyl halides is 3. The molecule has 2 aromatic carbocycles. The molecule has 3 rings (SSSR count). The summed E-state index contributed by atoms with van der Waals surface area (Å²) in [6.45, 7) is 2.05. The Bertz CT molecular complexity index is 949. The number of anilines is 1. The third kappa shape index (κ3) is 3.89. The second-order valence-corrected chi connectivity index (χ2v) is 7.55. The van der Waals surface area contributed by atoms with Crippen LogP contribution in [0.15, 0.2) is 40.9 Å². The predicted octanol–water partition coefficient (Wildman–Crippen LogP) is 4.92. The second-order valence-electron chi connectivity index (χ2n) is 6.32. The van der Waals surface area contributed by atoms with E-state index >= 15 is 0 Å². The molecule has 1 aliphatic rings. The van der Waals surface area contributed by atoms with Gasteiger partial charge in [0.2, 0.25) is 5.91 Å². The fourth-order valence-electron chi connectivity index (χ4n) is 3.08. The zero-order chi connectivity index (χ0) is 20.6. The summed E-state index contributed by atoms with van der Waals surface area (Å²) in [5, 5.41) is -0.655. The van der Waals surface area contributed by atoms with Crippen molar-refractivity contribution in [3.8, 4) is 0 Å². The van der Waals surface area contributed by atoms with Crippen molar-refractivity contribution >= 4 is 45.0 Å². The van der Waals surface area contributed by atoms with Gasteiger partial charge in [-0.05, 0) is 36.8 Å². The van der Waals surface area contributed by atoms with E-state index < -0.39 is 22.7 Å². The van der Waals surface area contributed by atoms with Crippen LogP contribution in [0.1, 0.15) is 21.5 Å². The highest BCUT2D eigenvalue weighted by atomic mass is 79.9. The van der Waals surface area contributed by atoms with Gasteiger partial charge in [0.05, 0.1) is 16.1 Å². The number of hydrogen-bond acceptors (Lipinski definition) is 2. The second kappa shape index (κ2) is 7.75. The fraction of sp³-hybridized carbons (Fsp3) is 0.263. The SMILES string of the molecule is Cc1c(Br)cccc1N1CCN(C(=O)c2cccc(C(F)(F)F)c2Cl)CC1=O. The topological polar surface area (TPSA) is 40.6 Å². The highest BCUT2D eigenvalue weighted by Crippen LogP contribution is 2.36. The molecule has 0 aliphatic carbocycles. The minimum Gasteiger partial charge on any atom is -0.327 e. The van der Waals surface area contributed by atoms with Crippen molar-refractivity contribution in [1.29, 1.82) is 0 Å². The number of piperazine rings is 1. The maximum Gasteiger partial charge on any atom is 0.417 e.